The van der Waals surface area contributed by atoms with Crippen LogP contribution in [0.15, 0.2) is 36.4 Å². The van der Waals surface area contributed by atoms with Crippen molar-refractivity contribution in [2.45, 2.75) is 6.42 Å². The largest absolute Gasteiger partial charge is 0.493 e. The Hall–Kier alpha value is -2.84. The van der Waals surface area contributed by atoms with Crippen LogP contribution >= 0.6 is 11.6 Å². The molecular weight excluding hydrogens is 386 g/mol. The van der Waals surface area contributed by atoms with Gasteiger partial charge < -0.3 is 19.7 Å². The van der Waals surface area contributed by atoms with Gasteiger partial charge in [0.2, 0.25) is 0 Å². The summed E-state index contributed by atoms with van der Waals surface area (Å²) in [7, 11) is 5.05. The van der Waals surface area contributed by atoms with Crippen LogP contribution in [-0.4, -0.2) is 45.2 Å². The fourth-order valence-corrected chi connectivity index (χ4v) is 2.88. The first kappa shape index (κ1) is 21.5. The molecule has 28 heavy (non-hydrogen) atoms. The lowest BCUT2D eigenvalue weighted by atomic mass is 10.1. The summed E-state index contributed by atoms with van der Waals surface area (Å²) in [6, 6.07) is 9.84. The highest BCUT2D eigenvalue weighted by atomic mass is 35.5. The SMILES string of the molecule is COc1ccc(CC[NH+](C)CC(=O)Nc2ccc(Cl)cc2[N+](=O)[O-])cc1OC. The summed E-state index contributed by atoms with van der Waals surface area (Å²) in [4.78, 5) is 23.7. The third-order valence-corrected chi connectivity index (χ3v) is 4.42. The molecular formula is C19H23ClN3O5+. The van der Waals surface area contributed by atoms with Crippen molar-refractivity contribution in [2.24, 2.45) is 0 Å². The molecule has 0 bridgehead atoms. The lowest BCUT2D eigenvalue weighted by Gasteiger charge is -2.15. The van der Waals surface area contributed by atoms with Gasteiger partial charge in [0.25, 0.3) is 11.6 Å². The van der Waals surface area contributed by atoms with E-state index in [9.17, 15) is 14.9 Å². The molecule has 0 spiro atoms. The Balaban J connectivity index is 1.92. The zero-order valence-electron chi connectivity index (χ0n) is 16.0. The number of benzene rings is 2. The predicted octanol–water partition coefficient (Wildman–Crippen LogP) is 1.96. The van der Waals surface area contributed by atoms with E-state index in [0.29, 0.717) is 18.0 Å². The van der Waals surface area contributed by atoms with Gasteiger partial charge in [0.15, 0.2) is 18.0 Å². The van der Waals surface area contributed by atoms with Crippen molar-refractivity contribution < 1.29 is 24.1 Å². The maximum absolute atomic E-state index is 12.3. The minimum Gasteiger partial charge on any atom is -0.493 e. The standard InChI is InChI=1S/C19H22ClN3O5/c1-22(9-8-13-4-7-17(27-2)18(10-13)28-3)12-19(24)21-15-6-5-14(20)11-16(15)23(25)26/h4-7,10-11H,8-9,12H2,1-3H3,(H,21,24)/p+1. The number of amides is 1. The fourth-order valence-electron chi connectivity index (χ4n) is 2.71. The number of halogens is 1. The van der Waals surface area contributed by atoms with Crippen LogP contribution in [0.1, 0.15) is 5.56 Å². The molecule has 2 aromatic rings. The molecule has 0 fully saturated rings. The highest BCUT2D eigenvalue weighted by Gasteiger charge is 2.18. The molecule has 0 radical (unpaired) electrons. The van der Waals surface area contributed by atoms with Crippen molar-refractivity contribution >= 4 is 28.9 Å². The van der Waals surface area contributed by atoms with Crippen molar-refractivity contribution in [1.82, 2.24) is 0 Å². The summed E-state index contributed by atoms with van der Waals surface area (Å²) < 4.78 is 10.5. The smallest absolute Gasteiger partial charge is 0.294 e. The number of nitro groups is 1. The molecule has 0 heterocycles. The zero-order chi connectivity index (χ0) is 20.7. The van der Waals surface area contributed by atoms with E-state index in [4.69, 9.17) is 21.1 Å². The fraction of sp³-hybridized carbons (Fsp3) is 0.316. The van der Waals surface area contributed by atoms with Crippen molar-refractivity contribution in [3.05, 3.63) is 57.1 Å². The van der Waals surface area contributed by atoms with Gasteiger partial charge in [-0.1, -0.05) is 17.7 Å². The van der Waals surface area contributed by atoms with Crippen molar-refractivity contribution in [3.63, 3.8) is 0 Å². The van der Waals surface area contributed by atoms with E-state index in [1.54, 1.807) is 14.2 Å². The van der Waals surface area contributed by atoms with E-state index in [1.165, 1.54) is 18.2 Å². The molecule has 0 aromatic heterocycles. The molecule has 0 aliphatic rings. The highest BCUT2D eigenvalue weighted by Crippen LogP contribution is 2.28. The van der Waals surface area contributed by atoms with Gasteiger partial charge in [0.05, 0.1) is 32.7 Å². The van der Waals surface area contributed by atoms with E-state index in [1.807, 2.05) is 25.2 Å². The first-order chi connectivity index (χ1) is 13.3. The molecule has 2 rings (SSSR count). The number of carbonyl (C=O) groups excluding carboxylic acids is 1. The van der Waals surface area contributed by atoms with Crippen molar-refractivity contribution in [2.75, 3.05) is 39.7 Å². The Morgan fingerprint density at radius 3 is 2.54 bits per heavy atom. The summed E-state index contributed by atoms with van der Waals surface area (Å²) in [6.45, 7) is 0.874. The number of likely N-dealkylation sites (N-methyl/N-ethyl adjacent to an activating group) is 1. The van der Waals surface area contributed by atoms with Gasteiger partial charge in [-0.25, -0.2) is 0 Å². The number of hydrogen-bond acceptors (Lipinski definition) is 5. The van der Waals surface area contributed by atoms with Crippen LogP contribution in [0.4, 0.5) is 11.4 Å². The zero-order valence-corrected chi connectivity index (χ0v) is 16.7. The number of carbonyl (C=O) groups is 1. The number of methoxy groups -OCH3 is 2. The van der Waals surface area contributed by atoms with Gasteiger partial charge in [-0.2, -0.15) is 0 Å². The number of hydrogen-bond donors (Lipinski definition) is 2. The Kier molecular flexibility index (Phi) is 7.60. The van der Waals surface area contributed by atoms with E-state index in [-0.39, 0.29) is 28.8 Å². The molecule has 2 N–H and O–H groups in total. The number of ether oxygens (including phenoxy) is 2. The van der Waals surface area contributed by atoms with Crippen LogP contribution in [0.3, 0.4) is 0 Å². The minimum atomic E-state index is -0.574. The molecule has 0 saturated carbocycles. The molecule has 0 aliphatic heterocycles. The van der Waals surface area contributed by atoms with Crippen LogP contribution in [0.2, 0.25) is 5.02 Å². The number of nitro benzene ring substituents is 1. The number of quaternary nitrogens is 1. The Bertz CT molecular complexity index is 859. The van der Waals surface area contributed by atoms with Crippen LogP contribution in [0, 0.1) is 10.1 Å². The molecule has 0 saturated heterocycles. The van der Waals surface area contributed by atoms with Gasteiger partial charge in [-0.3, -0.25) is 14.9 Å². The second-order valence-corrected chi connectivity index (χ2v) is 6.73. The molecule has 1 atom stereocenters. The minimum absolute atomic E-state index is 0.132. The van der Waals surface area contributed by atoms with Gasteiger partial charge in [-0.15, -0.1) is 0 Å². The number of nitrogens with zero attached hydrogens (tertiary/aromatic N) is 1. The summed E-state index contributed by atoms with van der Waals surface area (Å²) in [5, 5.41) is 13.9. The second-order valence-electron chi connectivity index (χ2n) is 6.29. The Morgan fingerprint density at radius 1 is 1.18 bits per heavy atom. The third-order valence-electron chi connectivity index (χ3n) is 4.18. The predicted molar refractivity (Wildman–Crippen MR) is 107 cm³/mol. The molecule has 150 valence electrons. The van der Waals surface area contributed by atoms with Crippen molar-refractivity contribution in [3.8, 4) is 11.5 Å². The molecule has 9 heteroatoms. The Labute approximate surface area is 168 Å². The van der Waals surface area contributed by atoms with Gasteiger partial charge in [-0.05, 0) is 29.8 Å². The van der Waals surface area contributed by atoms with E-state index >= 15 is 0 Å². The van der Waals surface area contributed by atoms with Crippen molar-refractivity contribution in [1.29, 1.82) is 0 Å². The summed E-state index contributed by atoms with van der Waals surface area (Å²) in [5.74, 6) is 1.01. The normalized spacial score (nSPS) is 11.6. The molecule has 8 nitrogen and oxygen atoms in total. The van der Waals surface area contributed by atoms with Crippen LogP contribution in [0.5, 0.6) is 11.5 Å². The quantitative estimate of drug-likeness (QED) is 0.488. The number of anilines is 1. The van der Waals surface area contributed by atoms with E-state index < -0.39 is 4.92 Å². The summed E-state index contributed by atoms with van der Waals surface area (Å²) in [5.41, 5.74) is 0.960. The molecule has 2 aromatic carbocycles. The van der Waals surface area contributed by atoms with E-state index in [0.717, 1.165) is 16.9 Å². The first-order valence-electron chi connectivity index (χ1n) is 8.60. The third kappa shape index (κ3) is 5.83. The molecule has 1 amide bonds. The monoisotopic (exact) mass is 408 g/mol. The Morgan fingerprint density at radius 2 is 1.89 bits per heavy atom. The van der Waals surface area contributed by atoms with Gasteiger partial charge in [0.1, 0.15) is 5.69 Å². The molecule has 0 aliphatic carbocycles. The second kappa shape index (κ2) is 9.91. The van der Waals surface area contributed by atoms with E-state index in [2.05, 4.69) is 5.32 Å². The number of rotatable bonds is 9. The highest BCUT2D eigenvalue weighted by molar-refractivity contribution is 6.31. The maximum atomic E-state index is 12.3. The molecule has 1 unspecified atom stereocenters. The average molecular weight is 409 g/mol. The lowest BCUT2D eigenvalue weighted by molar-refractivity contribution is -0.870. The first-order valence-corrected chi connectivity index (χ1v) is 8.97. The average Bonchev–Trinajstić information content (AvgIpc) is 2.67. The van der Waals surface area contributed by atoms with Crippen LogP contribution < -0.4 is 19.7 Å². The maximum Gasteiger partial charge on any atom is 0.294 e. The van der Waals surface area contributed by atoms with Crippen LogP contribution in [-0.2, 0) is 11.2 Å². The van der Waals surface area contributed by atoms with Gasteiger partial charge in [0, 0.05) is 17.5 Å². The lowest BCUT2D eigenvalue weighted by Crippen LogP contribution is -3.10. The van der Waals surface area contributed by atoms with Gasteiger partial charge >= 0.3 is 0 Å². The summed E-state index contributed by atoms with van der Waals surface area (Å²) >= 11 is 5.78. The topological polar surface area (TPSA) is 95.1 Å². The summed E-state index contributed by atoms with van der Waals surface area (Å²) in [6.07, 6.45) is 0.737. The number of nitrogens with one attached hydrogen (secondary N) is 2. The van der Waals surface area contributed by atoms with Crippen LogP contribution in [0.25, 0.3) is 0 Å².